The van der Waals surface area contributed by atoms with Crippen LogP contribution in [0.3, 0.4) is 0 Å². The number of amides is 1. The van der Waals surface area contributed by atoms with Crippen molar-refractivity contribution in [2.45, 2.75) is 19.4 Å². The number of methoxy groups -OCH3 is 3. The molecule has 38 heavy (non-hydrogen) atoms. The van der Waals surface area contributed by atoms with E-state index in [4.69, 9.17) is 19.2 Å². The molecule has 1 unspecified atom stereocenters. The number of nitrogens with zero attached hydrogens (tertiary/aromatic N) is 3. The minimum Gasteiger partial charge on any atom is -0.497 e. The van der Waals surface area contributed by atoms with Crippen molar-refractivity contribution in [2.24, 2.45) is 0 Å². The minimum atomic E-state index is -3.16. The Kier molecular flexibility index (Phi) is 6.70. The number of fused-ring (bicyclic) bond motifs is 1. The number of sulfone groups is 1. The first-order chi connectivity index (χ1) is 18.2. The van der Waals surface area contributed by atoms with Crippen LogP contribution in [-0.4, -0.2) is 61.9 Å². The molecule has 10 nitrogen and oxygen atoms in total. The van der Waals surface area contributed by atoms with Crippen molar-refractivity contribution in [1.82, 2.24) is 14.8 Å². The van der Waals surface area contributed by atoms with Gasteiger partial charge in [0.2, 0.25) is 0 Å². The van der Waals surface area contributed by atoms with E-state index in [1.165, 1.54) is 7.11 Å². The van der Waals surface area contributed by atoms with E-state index in [1.807, 2.05) is 24.3 Å². The van der Waals surface area contributed by atoms with Crippen LogP contribution in [0.15, 0.2) is 48.5 Å². The van der Waals surface area contributed by atoms with Crippen molar-refractivity contribution >= 4 is 32.5 Å². The quantitative estimate of drug-likeness (QED) is 0.376. The molecular weight excluding hydrogens is 508 g/mol. The predicted octanol–water partition coefficient (Wildman–Crippen LogP) is 4.04. The van der Waals surface area contributed by atoms with Crippen molar-refractivity contribution in [3.63, 3.8) is 0 Å². The molecule has 11 heteroatoms. The topological polar surface area (TPSA) is 122 Å². The second-order valence-corrected chi connectivity index (χ2v) is 11.3. The van der Waals surface area contributed by atoms with E-state index in [2.05, 4.69) is 10.4 Å². The summed E-state index contributed by atoms with van der Waals surface area (Å²) in [6.45, 7) is 1.79. The Hall–Kier alpha value is -4.12. The molecule has 0 radical (unpaired) electrons. The number of rotatable bonds is 7. The van der Waals surface area contributed by atoms with Crippen molar-refractivity contribution in [1.29, 1.82) is 0 Å². The highest BCUT2D eigenvalue weighted by Gasteiger charge is 2.32. The molecule has 0 spiro atoms. The van der Waals surface area contributed by atoms with E-state index in [0.717, 1.165) is 5.56 Å². The molecule has 198 valence electrons. The molecular formula is C27H28N4O6S. The number of hydrogen-bond donors (Lipinski definition) is 1. The fourth-order valence-corrected chi connectivity index (χ4v) is 6.41. The SMILES string of the molecule is COc1ccc(-c2cc(C(=O)Nc3ccc(OC)cc3OC)c3c(C)nn(C4CCS(=O)(=O)C4)c3n2)cc1. The van der Waals surface area contributed by atoms with Gasteiger partial charge in [-0.05, 0) is 55.8 Å². The first-order valence-electron chi connectivity index (χ1n) is 12.0. The summed E-state index contributed by atoms with van der Waals surface area (Å²) in [5.41, 5.74) is 3.21. The van der Waals surface area contributed by atoms with Gasteiger partial charge in [0.15, 0.2) is 15.5 Å². The molecule has 1 fully saturated rings. The van der Waals surface area contributed by atoms with Gasteiger partial charge in [0.05, 0.1) is 66.9 Å². The van der Waals surface area contributed by atoms with E-state index < -0.39 is 9.84 Å². The number of aromatic nitrogens is 3. The zero-order valence-electron chi connectivity index (χ0n) is 21.5. The van der Waals surface area contributed by atoms with Crippen LogP contribution in [0.1, 0.15) is 28.5 Å². The minimum absolute atomic E-state index is 0.0117. The molecule has 1 atom stereocenters. The molecule has 2 aromatic heterocycles. The average Bonchev–Trinajstić information content (AvgIpc) is 3.46. The monoisotopic (exact) mass is 536 g/mol. The van der Waals surface area contributed by atoms with Crippen molar-refractivity contribution in [2.75, 3.05) is 38.2 Å². The zero-order valence-corrected chi connectivity index (χ0v) is 22.3. The Morgan fingerprint density at radius 3 is 2.34 bits per heavy atom. The van der Waals surface area contributed by atoms with Gasteiger partial charge < -0.3 is 19.5 Å². The number of nitrogens with one attached hydrogen (secondary N) is 1. The van der Waals surface area contributed by atoms with Gasteiger partial charge in [-0.2, -0.15) is 5.10 Å². The van der Waals surface area contributed by atoms with E-state index in [9.17, 15) is 13.2 Å². The van der Waals surface area contributed by atoms with Crippen LogP contribution in [0.2, 0.25) is 0 Å². The third-order valence-electron chi connectivity index (χ3n) is 6.68. The number of aryl methyl sites for hydroxylation is 1. The highest BCUT2D eigenvalue weighted by atomic mass is 32.2. The molecule has 0 saturated carbocycles. The lowest BCUT2D eigenvalue weighted by molar-refractivity contribution is 0.102. The van der Waals surface area contributed by atoms with Gasteiger partial charge in [0, 0.05) is 11.6 Å². The Labute approximate surface area is 220 Å². The Morgan fingerprint density at radius 1 is 1.00 bits per heavy atom. The van der Waals surface area contributed by atoms with Crippen molar-refractivity contribution in [3.05, 3.63) is 59.8 Å². The van der Waals surface area contributed by atoms with Crippen LogP contribution in [0.4, 0.5) is 5.69 Å². The number of benzene rings is 2. The first kappa shape index (κ1) is 25.5. The van der Waals surface area contributed by atoms with Gasteiger partial charge in [-0.1, -0.05) is 0 Å². The first-order valence-corrected chi connectivity index (χ1v) is 13.8. The van der Waals surface area contributed by atoms with Gasteiger partial charge in [-0.3, -0.25) is 4.79 Å². The molecule has 2 aromatic carbocycles. The van der Waals surface area contributed by atoms with Crippen LogP contribution >= 0.6 is 0 Å². The standard InChI is InChI=1S/C27H28N4O6S/c1-16-25-21(27(32)29-22-10-9-20(36-3)13-24(22)37-4)14-23(17-5-7-19(35-2)8-6-17)28-26(25)31(30-16)18-11-12-38(33,34)15-18/h5-10,13-14,18H,11-12,15H2,1-4H3,(H,29,32). The van der Waals surface area contributed by atoms with E-state index in [-0.39, 0.29) is 23.5 Å². The van der Waals surface area contributed by atoms with Crippen molar-refractivity contribution in [3.8, 4) is 28.5 Å². The van der Waals surface area contributed by atoms with Gasteiger partial charge in [0.25, 0.3) is 5.91 Å². The Morgan fingerprint density at radius 2 is 1.71 bits per heavy atom. The molecule has 3 heterocycles. The highest BCUT2D eigenvalue weighted by Crippen LogP contribution is 2.34. The van der Waals surface area contributed by atoms with E-state index in [1.54, 1.807) is 50.1 Å². The second kappa shape index (κ2) is 9.97. The maximum atomic E-state index is 13.7. The maximum absolute atomic E-state index is 13.7. The van der Waals surface area contributed by atoms with Gasteiger partial charge in [-0.15, -0.1) is 0 Å². The van der Waals surface area contributed by atoms with Crippen LogP contribution in [0.5, 0.6) is 17.2 Å². The summed E-state index contributed by atoms with van der Waals surface area (Å²) in [6.07, 6.45) is 0.442. The fraction of sp³-hybridized carbons (Fsp3) is 0.296. The third-order valence-corrected chi connectivity index (χ3v) is 8.43. The average molecular weight is 537 g/mol. The Balaban J connectivity index is 1.65. The fourth-order valence-electron chi connectivity index (χ4n) is 4.72. The zero-order chi connectivity index (χ0) is 27.0. The van der Waals surface area contributed by atoms with Crippen molar-refractivity contribution < 1.29 is 27.4 Å². The Bertz CT molecular complexity index is 1630. The van der Waals surface area contributed by atoms with E-state index in [0.29, 0.717) is 57.3 Å². The number of ether oxygens (including phenoxy) is 3. The summed E-state index contributed by atoms with van der Waals surface area (Å²) in [5, 5.41) is 8.16. The predicted molar refractivity (Wildman–Crippen MR) is 144 cm³/mol. The number of carbonyl (C=O) groups excluding carboxylic acids is 1. The summed E-state index contributed by atoms with van der Waals surface area (Å²) < 4.78 is 42.1. The highest BCUT2D eigenvalue weighted by molar-refractivity contribution is 7.91. The molecule has 5 rings (SSSR count). The van der Waals surface area contributed by atoms with E-state index >= 15 is 0 Å². The van der Waals surface area contributed by atoms with Crippen LogP contribution in [0.25, 0.3) is 22.3 Å². The molecule has 1 N–H and O–H groups in total. The summed E-state index contributed by atoms with van der Waals surface area (Å²) >= 11 is 0. The molecule has 1 saturated heterocycles. The summed E-state index contributed by atoms with van der Waals surface area (Å²) in [7, 11) is 1.50. The summed E-state index contributed by atoms with van der Waals surface area (Å²) in [5.74, 6) is 1.44. The van der Waals surface area contributed by atoms with Gasteiger partial charge >= 0.3 is 0 Å². The number of anilines is 1. The second-order valence-electron chi connectivity index (χ2n) is 9.09. The third kappa shape index (κ3) is 4.76. The summed E-state index contributed by atoms with van der Waals surface area (Å²) in [6, 6.07) is 13.8. The van der Waals surface area contributed by atoms with Crippen LogP contribution in [-0.2, 0) is 9.84 Å². The summed E-state index contributed by atoms with van der Waals surface area (Å²) in [4.78, 5) is 18.6. The lowest BCUT2D eigenvalue weighted by Crippen LogP contribution is -2.15. The molecule has 0 aliphatic carbocycles. The molecule has 0 bridgehead atoms. The normalized spacial score (nSPS) is 16.4. The number of carbonyl (C=O) groups is 1. The van der Waals surface area contributed by atoms with Crippen LogP contribution in [0, 0.1) is 6.92 Å². The molecule has 4 aromatic rings. The largest absolute Gasteiger partial charge is 0.497 e. The number of pyridine rings is 1. The molecule has 1 aliphatic rings. The van der Waals surface area contributed by atoms with Gasteiger partial charge in [0.1, 0.15) is 17.2 Å². The lowest BCUT2D eigenvalue weighted by Gasteiger charge is -2.14. The molecule has 1 aliphatic heterocycles. The smallest absolute Gasteiger partial charge is 0.256 e. The van der Waals surface area contributed by atoms with Crippen LogP contribution < -0.4 is 19.5 Å². The molecule has 1 amide bonds. The van der Waals surface area contributed by atoms with Gasteiger partial charge in [-0.25, -0.2) is 18.1 Å². The maximum Gasteiger partial charge on any atom is 0.256 e. The number of hydrogen-bond acceptors (Lipinski definition) is 8. The lowest BCUT2D eigenvalue weighted by atomic mass is 10.0.